The van der Waals surface area contributed by atoms with Gasteiger partial charge in [0.25, 0.3) is 0 Å². The number of hydrogen-bond donors (Lipinski definition) is 2. The lowest BCUT2D eigenvalue weighted by molar-refractivity contribution is -0.142. The zero-order valence-corrected chi connectivity index (χ0v) is 16.9. The second-order valence-corrected chi connectivity index (χ2v) is 7.55. The molecule has 2 heterocycles. The van der Waals surface area contributed by atoms with Crippen molar-refractivity contribution >= 4 is 23.8 Å². The van der Waals surface area contributed by atoms with E-state index in [1.807, 2.05) is 6.26 Å². The number of imidazole rings is 1. The molecule has 3 rings (SSSR count). The zero-order chi connectivity index (χ0) is 21.0. The van der Waals surface area contributed by atoms with E-state index in [0.717, 1.165) is 11.8 Å². The first-order valence-electron chi connectivity index (χ1n) is 9.07. The molecule has 0 saturated carbocycles. The number of fused-ring (bicyclic) bond motifs is 1. The average Bonchev–Trinajstić information content (AvgIpc) is 3.20. The molecule has 7 nitrogen and oxygen atoms in total. The van der Waals surface area contributed by atoms with E-state index in [9.17, 15) is 18.4 Å². The van der Waals surface area contributed by atoms with E-state index in [0.29, 0.717) is 24.3 Å². The number of hydrogen-bond acceptors (Lipinski definition) is 5. The maximum absolute atomic E-state index is 14.6. The standard InChI is InChI=1S/C19H22F2N4O3S/c1-28-18(26)14(7-9-29-2)24-19(27)25-8-6-13-16(23-10-22-13)17(25)11-4-3-5-12(20)15(11)21/h3-5,10,14,17H,6-9H2,1-2H3,(H,22,23)(H,24,27)/t14-,17-/m1/s1. The fourth-order valence-corrected chi connectivity index (χ4v) is 3.87. The lowest BCUT2D eigenvalue weighted by Gasteiger charge is -2.36. The van der Waals surface area contributed by atoms with Gasteiger partial charge in [0.05, 0.1) is 19.1 Å². The Kier molecular flexibility index (Phi) is 6.73. The lowest BCUT2D eigenvalue weighted by Crippen LogP contribution is -2.51. The van der Waals surface area contributed by atoms with Crippen LogP contribution in [-0.4, -0.2) is 58.6 Å². The summed E-state index contributed by atoms with van der Waals surface area (Å²) in [5, 5.41) is 2.67. The molecule has 0 saturated heterocycles. The summed E-state index contributed by atoms with van der Waals surface area (Å²) < 4.78 is 33.2. The van der Waals surface area contributed by atoms with Crippen LogP contribution in [0.1, 0.15) is 29.4 Å². The number of amides is 2. The maximum Gasteiger partial charge on any atom is 0.328 e. The molecular formula is C19H22F2N4O3S. The fourth-order valence-electron chi connectivity index (χ4n) is 3.40. The summed E-state index contributed by atoms with van der Waals surface area (Å²) in [6.07, 6.45) is 4.22. The number of H-pyrrole nitrogens is 1. The van der Waals surface area contributed by atoms with Gasteiger partial charge in [-0.1, -0.05) is 12.1 Å². The number of carbonyl (C=O) groups excluding carboxylic acids is 2. The van der Waals surface area contributed by atoms with E-state index in [4.69, 9.17) is 4.74 Å². The maximum atomic E-state index is 14.6. The number of ether oxygens (including phenoxy) is 1. The van der Waals surface area contributed by atoms with E-state index in [1.54, 1.807) is 0 Å². The Balaban J connectivity index is 1.93. The van der Waals surface area contributed by atoms with Crippen molar-refractivity contribution in [2.75, 3.05) is 25.7 Å². The molecule has 2 atom stereocenters. The molecule has 0 radical (unpaired) electrons. The van der Waals surface area contributed by atoms with Crippen molar-refractivity contribution in [1.82, 2.24) is 20.2 Å². The van der Waals surface area contributed by atoms with Gasteiger partial charge >= 0.3 is 12.0 Å². The number of carbonyl (C=O) groups is 2. The Hall–Kier alpha value is -2.62. The van der Waals surface area contributed by atoms with Gasteiger partial charge < -0.3 is 19.9 Å². The number of nitrogens with one attached hydrogen (secondary N) is 2. The monoisotopic (exact) mass is 424 g/mol. The number of esters is 1. The van der Waals surface area contributed by atoms with Crippen molar-refractivity contribution in [3.05, 3.63) is 53.1 Å². The van der Waals surface area contributed by atoms with Gasteiger partial charge in [0, 0.05) is 24.2 Å². The largest absolute Gasteiger partial charge is 0.467 e. The molecule has 1 aromatic carbocycles. The van der Waals surface area contributed by atoms with Crippen LogP contribution in [0.4, 0.5) is 13.6 Å². The van der Waals surface area contributed by atoms with E-state index >= 15 is 0 Å². The summed E-state index contributed by atoms with van der Waals surface area (Å²) in [5.74, 6) is -1.94. The van der Waals surface area contributed by atoms with Gasteiger partial charge in [-0.05, 0) is 24.5 Å². The molecule has 0 spiro atoms. The molecule has 156 valence electrons. The van der Waals surface area contributed by atoms with Crippen LogP contribution in [0.3, 0.4) is 0 Å². The van der Waals surface area contributed by atoms with Crippen molar-refractivity contribution in [2.45, 2.75) is 24.9 Å². The number of rotatable bonds is 6. The van der Waals surface area contributed by atoms with Gasteiger partial charge in [-0.3, -0.25) is 0 Å². The van der Waals surface area contributed by atoms with Crippen molar-refractivity contribution < 1.29 is 23.1 Å². The Bertz CT molecular complexity index is 892. The number of halogens is 2. The molecule has 1 aliphatic rings. The van der Waals surface area contributed by atoms with E-state index < -0.39 is 35.7 Å². The topological polar surface area (TPSA) is 87.3 Å². The third kappa shape index (κ3) is 4.36. The minimum Gasteiger partial charge on any atom is -0.467 e. The number of aromatic amines is 1. The molecule has 2 amide bonds. The summed E-state index contributed by atoms with van der Waals surface area (Å²) in [5.41, 5.74) is 1.22. The summed E-state index contributed by atoms with van der Waals surface area (Å²) >= 11 is 1.54. The van der Waals surface area contributed by atoms with Gasteiger partial charge in [-0.15, -0.1) is 0 Å². The predicted molar refractivity (Wildman–Crippen MR) is 105 cm³/mol. The molecule has 0 fully saturated rings. The SMILES string of the molecule is COC(=O)[C@@H](CCSC)NC(=O)N1CCc2[nH]cnc2[C@H]1c1cccc(F)c1F. The van der Waals surface area contributed by atoms with Gasteiger partial charge in [-0.2, -0.15) is 11.8 Å². The predicted octanol–water partition coefficient (Wildman–Crippen LogP) is 2.64. The second kappa shape index (κ2) is 9.25. The fraction of sp³-hybridized carbons (Fsp3) is 0.421. The van der Waals surface area contributed by atoms with E-state index in [1.165, 1.54) is 42.2 Å². The van der Waals surface area contributed by atoms with Crippen LogP contribution in [0, 0.1) is 11.6 Å². The van der Waals surface area contributed by atoms with Crippen LogP contribution in [0.5, 0.6) is 0 Å². The molecule has 10 heteroatoms. The quantitative estimate of drug-likeness (QED) is 0.697. The summed E-state index contributed by atoms with van der Waals surface area (Å²) in [4.78, 5) is 33.7. The van der Waals surface area contributed by atoms with Crippen LogP contribution in [0.2, 0.25) is 0 Å². The molecular weight excluding hydrogens is 402 g/mol. The number of methoxy groups -OCH3 is 1. The first kappa shape index (κ1) is 21.1. The third-order valence-electron chi connectivity index (χ3n) is 4.86. The van der Waals surface area contributed by atoms with Gasteiger partial charge in [0.2, 0.25) is 0 Å². The Morgan fingerprint density at radius 1 is 1.45 bits per heavy atom. The summed E-state index contributed by atoms with van der Waals surface area (Å²) in [7, 11) is 1.25. The molecule has 0 bridgehead atoms. The van der Waals surface area contributed by atoms with Crippen LogP contribution in [0.25, 0.3) is 0 Å². The highest BCUT2D eigenvalue weighted by molar-refractivity contribution is 7.98. The minimum absolute atomic E-state index is 0.00642. The number of urea groups is 1. The summed E-state index contributed by atoms with van der Waals surface area (Å²) in [6.45, 7) is 0.248. The van der Waals surface area contributed by atoms with Gasteiger partial charge in [0.15, 0.2) is 11.6 Å². The van der Waals surface area contributed by atoms with Gasteiger partial charge in [-0.25, -0.2) is 23.4 Å². The van der Waals surface area contributed by atoms with Crippen molar-refractivity contribution in [3.63, 3.8) is 0 Å². The number of nitrogens with zero attached hydrogens (tertiary/aromatic N) is 2. The molecule has 0 unspecified atom stereocenters. The molecule has 2 aromatic rings. The normalized spacial score (nSPS) is 16.8. The average molecular weight is 424 g/mol. The molecule has 1 aliphatic heterocycles. The first-order chi connectivity index (χ1) is 14.0. The van der Waals surface area contributed by atoms with E-state index in [-0.39, 0.29) is 12.1 Å². The molecule has 1 aromatic heterocycles. The van der Waals surface area contributed by atoms with Crippen LogP contribution < -0.4 is 5.32 Å². The Morgan fingerprint density at radius 3 is 2.97 bits per heavy atom. The first-order valence-corrected chi connectivity index (χ1v) is 10.5. The zero-order valence-electron chi connectivity index (χ0n) is 16.1. The van der Waals surface area contributed by atoms with Crippen molar-refractivity contribution in [3.8, 4) is 0 Å². The highest BCUT2D eigenvalue weighted by Crippen LogP contribution is 2.35. The van der Waals surface area contributed by atoms with Gasteiger partial charge in [0.1, 0.15) is 12.1 Å². The van der Waals surface area contributed by atoms with Crippen LogP contribution in [-0.2, 0) is 16.0 Å². The van der Waals surface area contributed by atoms with Crippen LogP contribution in [0.15, 0.2) is 24.5 Å². The lowest BCUT2D eigenvalue weighted by atomic mass is 9.95. The molecule has 0 aliphatic carbocycles. The summed E-state index contributed by atoms with van der Waals surface area (Å²) in [6, 6.07) is 1.52. The third-order valence-corrected chi connectivity index (χ3v) is 5.50. The number of aromatic nitrogens is 2. The molecule has 2 N–H and O–H groups in total. The second-order valence-electron chi connectivity index (χ2n) is 6.56. The smallest absolute Gasteiger partial charge is 0.328 e. The van der Waals surface area contributed by atoms with E-state index in [2.05, 4.69) is 15.3 Å². The Morgan fingerprint density at radius 2 is 2.24 bits per heavy atom. The van der Waals surface area contributed by atoms with Crippen molar-refractivity contribution in [2.24, 2.45) is 0 Å². The van der Waals surface area contributed by atoms with Crippen LogP contribution >= 0.6 is 11.8 Å². The minimum atomic E-state index is -1.03. The van der Waals surface area contributed by atoms with Crippen molar-refractivity contribution in [1.29, 1.82) is 0 Å². The highest BCUT2D eigenvalue weighted by atomic mass is 32.2. The number of benzene rings is 1. The Labute approximate surface area is 171 Å². The molecule has 29 heavy (non-hydrogen) atoms. The number of thioether (sulfide) groups is 1. The highest BCUT2D eigenvalue weighted by Gasteiger charge is 2.37.